The molecule has 3 rings (SSSR count). The predicted molar refractivity (Wildman–Crippen MR) is 56.0 cm³/mol. The normalized spacial score (nSPS) is 14.1. The topological polar surface area (TPSA) is 22.1 Å². The average molecular weight is 206 g/mol. The Morgan fingerprint density at radius 3 is 3.21 bits per heavy atom. The molecule has 0 bridgehead atoms. The number of nitrogens with zero attached hydrogens (tertiary/aromatic N) is 1. The zero-order valence-electron chi connectivity index (χ0n) is 7.46. The second-order valence-corrected chi connectivity index (χ2v) is 3.76. The Labute approximate surface area is 86.5 Å². The van der Waals surface area contributed by atoms with Crippen molar-refractivity contribution in [2.24, 2.45) is 0 Å². The molecule has 0 saturated heterocycles. The Morgan fingerprint density at radius 1 is 1.36 bits per heavy atom. The van der Waals surface area contributed by atoms with Crippen molar-refractivity contribution in [3.05, 3.63) is 35.1 Å². The molecule has 2 nitrogen and oxygen atoms in total. The minimum atomic E-state index is 0.716. The van der Waals surface area contributed by atoms with Gasteiger partial charge in [-0.05, 0) is 17.5 Å². The van der Waals surface area contributed by atoms with Gasteiger partial charge in [0.2, 0.25) is 0 Å². The molecule has 0 aliphatic carbocycles. The summed E-state index contributed by atoms with van der Waals surface area (Å²) in [6.07, 6.45) is 4.56. The van der Waals surface area contributed by atoms with Gasteiger partial charge in [0.15, 0.2) is 0 Å². The number of hydrogen-bond acceptors (Lipinski definition) is 2. The fourth-order valence-electron chi connectivity index (χ4n) is 1.91. The zero-order chi connectivity index (χ0) is 9.54. The van der Waals surface area contributed by atoms with Gasteiger partial charge >= 0.3 is 0 Å². The van der Waals surface area contributed by atoms with Gasteiger partial charge in [-0.15, -0.1) is 0 Å². The van der Waals surface area contributed by atoms with Gasteiger partial charge in [0, 0.05) is 29.8 Å². The number of halogens is 1. The van der Waals surface area contributed by atoms with E-state index in [4.69, 9.17) is 16.3 Å². The van der Waals surface area contributed by atoms with Crippen LogP contribution in [0.4, 0.5) is 0 Å². The van der Waals surface area contributed by atoms with Gasteiger partial charge in [-0.2, -0.15) is 0 Å². The highest BCUT2D eigenvalue weighted by Gasteiger charge is 2.16. The fraction of sp³-hybridized carbons (Fsp3) is 0.182. The molecule has 1 aliphatic heterocycles. The van der Waals surface area contributed by atoms with Crippen molar-refractivity contribution < 1.29 is 4.74 Å². The Hall–Kier alpha value is -1.28. The van der Waals surface area contributed by atoms with Crippen LogP contribution in [-0.2, 0) is 6.42 Å². The lowest BCUT2D eigenvalue weighted by atomic mass is 10.0. The summed E-state index contributed by atoms with van der Waals surface area (Å²) in [6, 6.07) is 3.88. The van der Waals surface area contributed by atoms with Crippen LogP contribution in [0.1, 0.15) is 5.56 Å². The van der Waals surface area contributed by atoms with Gasteiger partial charge in [-0.1, -0.05) is 11.6 Å². The number of fused-ring (bicyclic) bond motifs is 3. The summed E-state index contributed by atoms with van der Waals surface area (Å²) in [5.41, 5.74) is 1.26. The molecule has 2 aromatic rings. The van der Waals surface area contributed by atoms with Gasteiger partial charge in [0.25, 0.3) is 0 Å². The highest BCUT2D eigenvalue weighted by molar-refractivity contribution is 6.35. The summed E-state index contributed by atoms with van der Waals surface area (Å²) >= 11 is 6.12. The molecule has 1 aromatic carbocycles. The lowest BCUT2D eigenvalue weighted by Crippen LogP contribution is -1.85. The lowest BCUT2D eigenvalue weighted by Gasteiger charge is -2.05. The van der Waals surface area contributed by atoms with E-state index in [9.17, 15) is 0 Å². The maximum Gasteiger partial charge on any atom is 0.124 e. The van der Waals surface area contributed by atoms with E-state index in [0.717, 1.165) is 24.2 Å². The number of aromatic nitrogens is 1. The first kappa shape index (κ1) is 8.06. The second kappa shape index (κ2) is 2.85. The highest BCUT2D eigenvalue weighted by Crippen LogP contribution is 2.36. The number of rotatable bonds is 0. The minimum Gasteiger partial charge on any atom is -0.493 e. The monoisotopic (exact) mass is 205 g/mol. The maximum absolute atomic E-state index is 6.12. The predicted octanol–water partition coefficient (Wildman–Crippen LogP) is 2.82. The number of hydrogen-bond donors (Lipinski definition) is 0. The van der Waals surface area contributed by atoms with Gasteiger partial charge in [-0.25, -0.2) is 0 Å². The van der Waals surface area contributed by atoms with E-state index in [1.807, 2.05) is 12.1 Å². The molecule has 1 aromatic heterocycles. The van der Waals surface area contributed by atoms with Gasteiger partial charge in [0.05, 0.1) is 11.6 Å². The van der Waals surface area contributed by atoms with Crippen LogP contribution >= 0.6 is 11.6 Å². The summed E-state index contributed by atoms with van der Waals surface area (Å²) in [7, 11) is 0. The second-order valence-electron chi connectivity index (χ2n) is 3.35. The third kappa shape index (κ3) is 1.01. The van der Waals surface area contributed by atoms with Crippen LogP contribution in [0, 0.1) is 0 Å². The molecule has 0 amide bonds. The first-order valence-electron chi connectivity index (χ1n) is 4.54. The summed E-state index contributed by atoms with van der Waals surface area (Å²) in [5, 5.41) is 2.90. The summed E-state index contributed by atoms with van der Waals surface area (Å²) in [5.74, 6) is 0.925. The Kier molecular flexibility index (Phi) is 1.64. The number of benzene rings is 1. The molecule has 70 valence electrons. The van der Waals surface area contributed by atoms with Crippen molar-refractivity contribution >= 4 is 22.4 Å². The van der Waals surface area contributed by atoms with Gasteiger partial charge < -0.3 is 4.74 Å². The van der Waals surface area contributed by atoms with Crippen LogP contribution in [0.5, 0.6) is 5.75 Å². The van der Waals surface area contributed by atoms with E-state index in [2.05, 4.69) is 4.98 Å². The molecule has 1 aliphatic rings. The minimum absolute atomic E-state index is 0.716. The highest BCUT2D eigenvalue weighted by atomic mass is 35.5. The maximum atomic E-state index is 6.12. The van der Waals surface area contributed by atoms with Crippen molar-refractivity contribution in [1.82, 2.24) is 4.98 Å². The molecule has 0 saturated carbocycles. The van der Waals surface area contributed by atoms with Crippen molar-refractivity contribution in [1.29, 1.82) is 0 Å². The Morgan fingerprint density at radius 2 is 2.29 bits per heavy atom. The zero-order valence-corrected chi connectivity index (χ0v) is 8.21. The van der Waals surface area contributed by atoms with Crippen molar-refractivity contribution in [2.45, 2.75) is 6.42 Å². The van der Waals surface area contributed by atoms with E-state index in [1.54, 1.807) is 12.4 Å². The lowest BCUT2D eigenvalue weighted by molar-refractivity contribution is 0.357. The largest absolute Gasteiger partial charge is 0.493 e. The first-order chi connectivity index (χ1) is 6.86. The van der Waals surface area contributed by atoms with Crippen LogP contribution in [-0.4, -0.2) is 11.6 Å². The SMILES string of the molecule is Clc1cc2c(c3ccncc13)CCO2. The van der Waals surface area contributed by atoms with Crippen LogP contribution in [0.2, 0.25) is 5.02 Å². The van der Waals surface area contributed by atoms with Crippen LogP contribution < -0.4 is 4.74 Å². The number of pyridine rings is 1. The molecule has 0 unspecified atom stereocenters. The Bertz CT molecular complexity index is 510. The van der Waals surface area contributed by atoms with E-state index >= 15 is 0 Å². The molecule has 0 radical (unpaired) electrons. The van der Waals surface area contributed by atoms with Crippen molar-refractivity contribution in [3.8, 4) is 5.75 Å². The molecular formula is C11H8ClNO. The number of ether oxygens (including phenoxy) is 1. The quantitative estimate of drug-likeness (QED) is 0.660. The molecular weight excluding hydrogens is 198 g/mol. The third-order valence-corrected chi connectivity index (χ3v) is 2.88. The van der Waals surface area contributed by atoms with Gasteiger partial charge in [-0.3, -0.25) is 4.98 Å². The first-order valence-corrected chi connectivity index (χ1v) is 4.92. The van der Waals surface area contributed by atoms with Crippen molar-refractivity contribution in [2.75, 3.05) is 6.61 Å². The summed E-state index contributed by atoms with van der Waals surface area (Å²) in [4.78, 5) is 4.07. The van der Waals surface area contributed by atoms with Crippen LogP contribution in [0.3, 0.4) is 0 Å². The summed E-state index contributed by atoms with van der Waals surface area (Å²) in [6.45, 7) is 0.757. The standard InChI is InChI=1S/C11H8ClNO/c12-10-5-11-8(2-4-14-11)7-1-3-13-6-9(7)10/h1,3,5-6H,2,4H2. The molecule has 3 heteroatoms. The van der Waals surface area contributed by atoms with Gasteiger partial charge in [0.1, 0.15) is 5.75 Å². The van der Waals surface area contributed by atoms with E-state index in [1.165, 1.54) is 10.9 Å². The molecule has 2 heterocycles. The summed E-state index contributed by atoms with van der Waals surface area (Å²) < 4.78 is 5.48. The van der Waals surface area contributed by atoms with E-state index in [0.29, 0.717) is 5.02 Å². The molecule has 14 heavy (non-hydrogen) atoms. The fourth-order valence-corrected chi connectivity index (χ4v) is 2.16. The molecule has 0 atom stereocenters. The van der Waals surface area contributed by atoms with Crippen LogP contribution in [0.15, 0.2) is 24.5 Å². The molecule has 0 N–H and O–H groups in total. The molecule has 0 fully saturated rings. The third-order valence-electron chi connectivity index (χ3n) is 2.57. The Balaban J connectivity index is 2.47. The van der Waals surface area contributed by atoms with E-state index in [-0.39, 0.29) is 0 Å². The van der Waals surface area contributed by atoms with E-state index < -0.39 is 0 Å². The van der Waals surface area contributed by atoms with Crippen molar-refractivity contribution in [3.63, 3.8) is 0 Å². The van der Waals surface area contributed by atoms with Crippen LogP contribution in [0.25, 0.3) is 10.8 Å². The smallest absolute Gasteiger partial charge is 0.124 e. The average Bonchev–Trinajstić information content (AvgIpc) is 2.66. The molecule has 0 spiro atoms.